The molecule has 0 amide bonds. The van der Waals surface area contributed by atoms with Gasteiger partial charge in [-0.2, -0.15) is 0 Å². The van der Waals surface area contributed by atoms with Crippen molar-refractivity contribution < 1.29 is 20.1 Å². The fraction of sp³-hybridized carbons (Fsp3) is 0.222. The first-order valence-corrected chi connectivity index (χ1v) is 4.48. The molecule has 0 bridgehead atoms. The molecule has 0 aliphatic carbocycles. The van der Waals surface area contributed by atoms with Gasteiger partial charge in [0, 0.05) is 0 Å². The van der Waals surface area contributed by atoms with E-state index in [0.717, 1.165) is 0 Å². The Kier molecular flexibility index (Phi) is 3.39. The van der Waals surface area contributed by atoms with Gasteiger partial charge in [-0.25, -0.2) is 0 Å². The molecule has 0 aliphatic rings. The van der Waals surface area contributed by atoms with Gasteiger partial charge < -0.3 is 21.1 Å². The van der Waals surface area contributed by atoms with Gasteiger partial charge in [-0.1, -0.05) is 11.6 Å². The van der Waals surface area contributed by atoms with Crippen LogP contribution in [0, 0.1) is 0 Å². The van der Waals surface area contributed by atoms with Crippen LogP contribution in [0.15, 0.2) is 12.1 Å². The Balaban J connectivity index is 2.92. The second-order valence-corrected chi connectivity index (χ2v) is 3.47. The summed E-state index contributed by atoms with van der Waals surface area (Å²) >= 11 is 5.50. The number of hydrogen-bond acceptors (Lipinski definition) is 4. The number of aromatic hydroxyl groups is 2. The number of carboxylic acids is 1. The van der Waals surface area contributed by atoms with Gasteiger partial charge >= 0.3 is 5.97 Å². The number of phenolic OH excluding ortho intramolecular Hbond substituents is 2. The lowest BCUT2D eigenvalue weighted by Gasteiger charge is -2.08. The lowest BCUT2D eigenvalue weighted by atomic mass is 10.1. The highest BCUT2D eigenvalue weighted by Crippen LogP contribution is 2.33. The lowest BCUT2D eigenvalue weighted by Crippen LogP contribution is -2.32. The quantitative estimate of drug-likeness (QED) is 0.613. The van der Waals surface area contributed by atoms with Crippen LogP contribution in [0.5, 0.6) is 11.5 Å². The van der Waals surface area contributed by atoms with Crippen LogP contribution in [-0.4, -0.2) is 27.3 Å². The number of carbonyl (C=O) groups is 1. The minimum absolute atomic E-state index is 0.00756. The van der Waals surface area contributed by atoms with E-state index in [4.69, 9.17) is 22.4 Å². The summed E-state index contributed by atoms with van der Waals surface area (Å²) in [6.45, 7) is 0. The van der Waals surface area contributed by atoms with Crippen molar-refractivity contribution in [2.24, 2.45) is 5.73 Å². The van der Waals surface area contributed by atoms with Crippen molar-refractivity contribution in [2.75, 3.05) is 0 Å². The highest BCUT2D eigenvalue weighted by atomic mass is 35.5. The monoisotopic (exact) mass is 231 g/mol. The summed E-state index contributed by atoms with van der Waals surface area (Å²) in [5.41, 5.74) is 5.70. The molecule has 0 saturated carbocycles. The fourth-order valence-corrected chi connectivity index (χ4v) is 1.22. The third kappa shape index (κ3) is 2.74. The van der Waals surface area contributed by atoms with Gasteiger partial charge in [0.05, 0.1) is 0 Å². The van der Waals surface area contributed by atoms with Gasteiger partial charge in [0.1, 0.15) is 22.6 Å². The Morgan fingerprint density at radius 3 is 2.27 bits per heavy atom. The van der Waals surface area contributed by atoms with Crippen molar-refractivity contribution in [3.05, 3.63) is 22.7 Å². The largest absolute Gasteiger partial charge is 0.506 e. The van der Waals surface area contributed by atoms with Crippen LogP contribution in [0.3, 0.4) is 0 Å². The van der Waals surface area contributed by atoms with Crippen molar-refractivity contribution in [2.45, 2.75) is 12.5 Å². The molecule has 0 saturated heterocycles. The summed E-state index contributed by atoms with van der Waals surface area (Å²) in [5.74, 6) is -1.75. The average Bonchev–Trinajstić information content (AvgIpc) is 2.13. The van der Waals surface area contributed by atoms with Gasteiger partial charge in [0.2, 0.25) is 0 Å². The molecule has 5 nitrogen and oxygen atoms in total. The van der Waals surface area contributed by atoms with Crippen molar-refractivity contribution >= 4 is 17.6 Å². The van der Waals surface area contributed by atoms with E-state index in [1.807, 2.05) is 0 Å². The van der Waals surface area contributed by atoms with E-state index < -0.39 is 12.0 Å². The van der Waals surface area contributed by atoms with Crippen molar-refractivity contribution in [1.29, 1.82) is 0 Å². The number of nitrogens with two attached hydrogens (primary N) is 1. The molecule has 0 spiro atoms. The second kappa shape index (κ2) is 4.37. The summed E-state index contributed by atoms with van der Waals surface area (Å²) in [6.07, 6.45) is 0.00756. The summed E-state index contributed by atoms with van der Waals surface area (Å²) < 4.78 is 0. The molecule has 6 heteroatoms. The van der Waals surface area contributed by atoms with E-state index in [1.54, 1.807) is 0 Å². The number of benzene rings is 1. The standard InChI is InChI=1S/C9H10ClNO4/c10-8-6(12)2-4(3-7(8)13)1-5(11)9(14)15/h2-3,5,12-13H,1,11H2,(H,14,15)/t5-/m0/s1. The first-order chi connectivity index (χ1) is 6.91. The molecule has 1 atom stereocenters. The zero-order chi connectivity index (χ0) is 11.6. The predicted octanol–water partition coefficient (Wildman–Crippen LogP) is 0.706. The molecule has 5 N–H and O–H groups in total. The van der Waals surface area contributed by atoms with E-state index >= 15 is 0 Å². The third-order valence-electron chi connectivity index (χ3n) is 1.87. The highest BCUT2D eigenvalue weighted by Gasteiger charge is 2.14. The molecule has 0 fully saturated rings. The topological polar surface area (TPSA) is 104 Å². The van der Waals surface area contributed by atoms with Gasteiger partial charge in [0.15, 0.2) is 0 Å². The average molecular weight is 232 g/mol. The van der Waals surface area contributed by atoms with Crippen LogP contribution in [0.4, 0.5) is 0 Å². The zero-order valence-electron chi connectivity index (χ0n) is 7.64. The van der Waals surface area contributed by atoms with Crippen molar-refractivity contribution in [3.63, 3.8) is 0 Å². The Bertz CT molecular complexity index is 371. The van der Waals surface area contributed by atoms with Crippen LogP contribution in [-0.2, 0) is 11.2 Å². The molecule has 1 aromatic carbocycles. The molecular formula is C9H10ClNO4. The number of rotatable bonds is 3. The molecule has 1 aromatic rings. The van der Waals surface area contributed by atoms with Crippen LogP contribution in [0.2, 0.25) is 5.02 Å². The molecular weight excluding hydrogens is 222 g/mol. The van der Waals surface area contributed by atoms with Crippen LogP contribution < -0.4 is 5.73 Å². The number of carboxylic acid groups (broad SMARTS) is 1. The summed E-state index contributed by atoms with van der Waals surface area (Å²) in [5, 5.41) is 26.9. The van der Waals surface area contributed by atoms with E-state index in [-0.39, 0.29) is 22.9 Å². The predicted molar refractivity (Wildman–Crippen MR) is 54.1 cm³/mol. The minimum Gasteiger partial charge on any atom is -0.506 e. The normalized spacial score (nSPS) is 12.4. The van der Waals surface area contributed by atoms with Gasteiger partial charge in [-0.15, -0.1) is 0 Å². The highest BCUT2D eigenvalue weighted by molar-refractivity contribution is 6.33. The summed E-state index contributed by atoms with van der Waals surface area (Å²) in [6, 6.07) is 1.46. The SMILES string of the molecule is N[C@@H](Cc1cc(O)c(Cl)c(O)c1)C(=O)O. The molecule has 15 heavy (non-hydrogen) atoms. The van der Waals surface area contributed by atoms with Crippen LogP contribution in [0.25, 0.3) is 0 Å². The number of aliphatic carboxylic acids is 1. The number of halogens is 1. The number of hydrogen-bond donors (Lipinski definition) is 4. The Morgan fingerprint density at radius 1 is 1.40 bits per heavy atom. The van der Waals surface area contributed by atoms with Gasteiger partial charge in [0.25, 0.3) is 0 Å². The Morgan fingerprint density at radius 2 is 1.87 bits per heavy atom. The zero-order valence-corrected chi connectivity index (χ0v) is 8.40. The molecule has 0 aromatic heterocycles. The maximum absolute atomic E-state index is 10.5. The fourth-order valence-electron chi connectivity index (χ4n) is 1.11. The number of phenols is 2. The van der Waals surface area contributed by atoms with Gasteiger partial charge in [-0.3, -0.25) is 4.79 Å². The molecule has 0 aliphatic heterocycles. The maximum atomic E-state index is 10.5. The molecule has 1 rings (SSSR count). The second-order valence-electron chi connectivity index (χ2n) is 3.10. The first kappa shape index (κ1) is 11.6. The first-order valence-electron chi connectivity index (χ1n) is 4.10. The summed E-state index contributed by atoms with van der Waals surface area (Å²) in [4.78, 5) is 10.5. The van der Waals surface area contributed by atoms with Crippen LogP contribution >= 0.6 is 11.6 Å². The van der Waals surface area contributed by atoms with E-state index in [1.165, 1.54) is 12.1 Å². The van der Waals surface area contributed by atoms with Gasteiger partial charge in [-0.05, 0) is 24.1 Å². The van der Waals surface area contributed by atoms with E-state index in [9.17, 15) is 15.0 Å². The van der Waals surface area contributed by atoms with E-state index in [0.29, 0.717) is 5.56 Å². The molecule has 0 radical (unpaired) electrons. The maximum Gasteiger partial charge on any atom is 0.320 e. The van der Waals surface area contributed by atoms with E-state index in [2.05, 4.69) is 0 Å². The van der Waals surface area contributed by atoms with Crippen molar-refractivity contribution in [3.8, 4) is 11.5 Å². The Labute approximate surface area is 90.7 Å². The minimum atomic E-state index is -1.15. The molecule has 82 valence electrons. The third-order valence-corrected chi connectivity index (χ3v) is 2.25. The Hall–Kier alpha value is -1.46. The summed E-state index contributed by atoms with van der Waals surface area (Å²) in [7, 11) is 0. The molecule has 0 unspecified atom stereocenters. The van der Waals surface area contributed by atoms with Crippen molar-refractivity contribution in [1.82, 2.24) is 0 Å². The molecule has 0 heterocycles. The smallest absolute Gasteiger partial charge is 0.320 e. The van der Waals surface area contributed by atoms with Crippen LogP contribution in [0.1, 0.15) is 5.56 Å². The lowest BCUT2D eigenvalue weighted by molar-refractivity contribution is -0.138.